The molecular weight excluding hydrogens is 282 g/mol. The number of nitrogens with two attached hydrogens (primary N) is 1. The van der Waals surface area contributed by atoms with Gasteiger partial charge < -0.3 is 10.5 Å². The Kier molecular flexibility index (Phi) is 3.46. The second-order valence-corrected chi connectivity index (χ2v) is 5.91. The molecule has 0 unspecified atom stereocenters. The number of thiazole rings is 1. The number of ether oxygens (including phenoxy) is 1. The van der Waals surface area contributed by atoms with Gasteiger partial charge in [-0.15, -0.1) is 11.3 Å². The maximum atomic E-state index is 8.66. The lowest BCUT2D eigenvalue weighted by molar-refractivity contribution is 0.485. The van der Waals surface area contributed by atoms with E-state index >= 15 is 0 Å². The summed E-state index contributed by atoms with van der Waals surface area (Å²) in [7, 11) is 0. The lowest BCUT2D eigenvalue weighted by Gasteiger charge is -2.08. The molecule has 1 aromatic heterocycles. The van der Waals surface area contributed by atoms with Gasteiger partial charge in [-0.05, 0) is 30.7 Å². The summed E-state index contributed by atoms with van der Waals surface area (Å²) in [6, 6.07) is 13.3. The Bertz CT molecular complexity index is 831. The normalized spacial score (nSPS) is 10.5. The highest BCUT2D eigenvalue weighted by molar-refractivity contribution is 7.18. The molecule has 0 fully saturated rings. The van der Waals surface area contributed by atoms with E-state index in [-0.39, 0.29) is 0 Å². The van der Waals surface area contributed by atoms with Crippen LogP contribution in [0.5, 0.6) is 11.5 Å². The second kappa shape index (κ2) is 5.43. The quantitative estimate of drug-likeness (QED) is 0.740. The van der Waals surface area contributed by atoms with E-state index in [4.69, 9.17) is 15.7 Å². The number of nitrogen functional groups attached to an aromatic ring is 1. The number of anilines is 1. The van der Waals surface area contributed by atoms with Gasteiger partial charge in [-0.1, -0.05) is 12.1 Å². The molecule has 0 spiro atoms. The number of aryl methyl sites for hydroxylation is 1. The second-order valence-electron chi connectivity index (χ2n) is 4.67. The van der Waals surface area contributed by atoms with Gasteiger partial charge in [0.25, 0.3) is 0 Å². The molecule has 5 heteroatoms. The van der Waals surface area contributed by atoms with E-state index in [2.05, 4.69) is 11.1 Å². The number of rotatable bonds is 3. The third-order valence-electron chi connectivity index (χ3n) is 3.06. The summed E-state index contributed by atoms with van der Waals surface area (Å²) in [4.78, 5) is 4.44. The van der Waals surface area contributed by atoms with Gasteiger partial charge in [-0.25, -0.2) is 4.98 Å². The molecule has 0 aliphatic carbocycles. The van der Waals surface area contributed by atoms with Gasteiger partial charge in [0.15, 0.2) is 5.75 Å². The number of aromatic nitrogens is 1. The SMILES string of the molecule is Cc1nc2cc(Oc3ccc(CC#N)cc3)c(N)cc2s1. The van der Waals surface area contributed by atoms with E-state index in [0.717, 1.165) is 20.8 Å². The first kappa shape index (κ1) is 13.4. The van der Waals surface area contributed by atoms with Crippen LogP contribution in [0.15, 0.2) is 36.4 Å². The van der Waals surface area contributed by atoms with Gasteiger partial charge >= 0.3 is 0 Å². The summed E-state index contributed by atoms with van der Waals surface area (Å²) in [6.45, 7) is 1.97. The van der Waals surface area contributed by atoms with Crippen LogP contribution >= 0.6 is 11.3 Å². The minimum atomic E-state index is 0.395. The van der Waals surface area contributed by atoms with Crippen LogP contribution in [0.1, 0.15) is 10.6 Å². The molecule has 0 saturated heterocycles. The molecule has 3 aromatic rings. The van der Waals surface area contributed by atoms with E-state index in [1.807, 2.05) is 43.3 Å². The predicted molar refractivity (Wildman–Crippen MR) is 84.6 cm³/mol. The van der Waals surface area contributed by atoms with Crippen molar-refractivity contribution in [1.82, 2.24) is 4.98 Å². The summed E-state index contributed by atoms with van der Waals surface area (Å²) in [5, 5.41) is 9.66. The van der Waals surface area contributed by atoms with Crippen molar-refractivity contribution in [3.63, 3.8) is 0 Å². The molecule has 104 valence electrons. The molecule has 4 nitrogen and oxygen atoms in total. The van der Waals surface area contributed by atoms with Crippen LogP contribution in [0.2, 0.25) is 0 Å². The van der Waals surface area contributed by atoms with E-state index in [0.29, 0.717) is 23.6 Å². The Hall–Kier alpha value is -2.58. The highest BCUT2D eigenvalue weighted by atomic mass is 32.1. The third kappa shape index (κ3) is 2.81. The maximum Gasteiger partial charge on any atom is 0.152 e. The van der Waals surface area contributed by atoms with Crippen LogP contribution in [0.4, 0.5) is 5.69 Å². The Morgan fingerprint density at radius 2 is 2.05 bits per heavy atom. The fourth-order valence-corrected chi connectivity index (χ4v) is 2.92. The topological polar surface area (TPSA) is 71.9 Å². The van der Waals surface area contributed by atoms with Gasteiger partial charge in [0, 0.05) is 6.07 Å². The lowest BCUT2D eigenvalue weighted by atomic mass is 10.2. The number of hydrogen-bond acceptors (Lipinski definition) is 5. The molecule has 0 bridgehead atoms. The van der Waals surface area contributed by atoms with Crippen LogP contribution in [0, 0.1) is 18.3 Å². The van der Waals surface area contributed by atoms with Gasteiger partial charge in [0.2, 0.25) is 0 Å². The highest BCUT2D eigenvalue weighted by Crippen LogP contribution is 2.34. The van der Waals surface area contributed by atoms with Crippen LogP contribution in [-0.2, 0) is 6.42 Å². The molecule has 21 heavy (non-hydrogen) atoms. The van der Waals surface area contributed by atoms with E-state index in [1.54, 1.807) is 11.3 Å². The van der Waals surface area contributed by atoms with Crippen LogP contribution < -0.4 is 10.5 Å². The van der Waals surface area contributed by atoms with Crippen LogP contribution in [0.3, 0.4) is 0 Å². The summed E-state index contributed by atoms with van der Waals surface area (Å²) in [5.74, 6) is 1.29. The van der Waals surface area contributed by atoms with Crippen molar-refractivity contribution < 1.29 is 4.74 Å². The molecule has 1 heterocycles. The molecule has 2 aromatic carbocycles. The Balaban J connectivity index is 1.90. The number of benzene rings is 2. The average molecular weight is 295 g/mol. The molecule has 3 rings (SSSR count). The van der Waals surface area contributed by atoms with Crippen molar-refractivity contribution >= 4 is 27.2 Å². The largest absolute Gasteiger partial charge is 0.455 e. The van der Waals surface area contributed by atoms with E-state index in [1.165, 1.54) is 0 Å². The summed E-state index contributed by atoms with van der Waals surface area (Å²) in [5.41, 5.74) is 8.48. The first-order valence-electron chi connectivity index (χ1n) is 6.46. The molecule has 0 saturated carbocycles. The predicted octanol–water partition coefficient (Wildman–Crippen LogP) is 4.05. The fourth-order valence-electron chi connectivity index (χ4n) is 2.07. The zero-order valence-electron chi connectivity index (χ0n) is 11.5. The Labute approximate surface area is 126 Å². The summed E-state index contributed by atoms with van der Waals surface area (Å²) < 4.78 is 6.87. The van der Waals surface area contributed by atoms with Crippen LogP contribution in [-0.4, -0.2) is 4.98 Å². The Morgan fingerprint density at radius 3 is 2.76 bits per heavy atom. The molecule has 0 aliphatic heterocycles. The van der Waals surface area contributed by atoms with Crippen molar-refractivity contribution in [3.05, 3.63) is 47.0 Å². The minimum absolute atomic E-state index is 0.395. The van der Waals surface area contributed by atoms with E-state index < -0.39 is 0 Å². The number of nitrogens with zero attached hydrogens (tertiary/aromatic N) is 2. The molecule has 2 N–H and O–H groups in total. The first-order chi connectivity index (χ1) is 10.2. The van der Waals surface area contributed by atoms with Gasteiger partial charge in [0.1, 0.15) is 5.75 Å². The number of nitriles is 1. The van der Waals surface area contributed by atoms with E-state index in [9.17, 15) is 0 Å². The van der Waals surface area contributed by atoms with Gasteiger partial charge in [-0.3, -0.25) is 0 Å². The van der Waals surface area contributed by atoms with Gasteiger partial charge in [0.05, 0.1) is 33.4 Å². The third-order valence-corrected chi connectivity index (χ3v) is 3.99. The highest BCUT2D eigenvalue weighted by Gasteiger charge is 2.08. The smallest absolute Gasteiger partial charge is 0.152 e. The lowest BCUT2D eigenvalue weighted by Crippen LogP contribution is -1.92. The summed E-state index contributed by atoms with van der Waals surface area (Å²) in [6.07, 6.45) is 0.395. The zero-order valence-corrected chi connectivity index (χ0v) is 12.3. The van der Waals surface area contributed by atoms with Crippen molar-refractivity contribution in [3.8, 4) is 17.6 Å². The van der Waals surface area contributed by atoms with Crippen molar-refractivity contribution in [2.75, 3.05) is 5.73 Å². The Morgan fingerprint density at radius 1 is 1.29 bits per heavy atom. The molecule has 0 amide bonds. The van der Waals surface area contributed by atoms with Crippen LogP contribution in [0.25, 0.3) is 10.2 Å². The molecule has 0 radical (unpaired) electrons. The number of hydrogen-bond donors (Lipinski definition) is 1. The zero-order chi connectivity index (χ0) is 14.8. The average Bonchev–Trinajstić information content (AvgIpc) is 2.81. The summed E-state index contributed by atoms with van der Waals surface area (Å²) >= 11 is 1.61. The monoisotopic (exact) mass is 295 g/mol. The number of fused-ring (bicyclic) bond motifs is 1. The van der Waals surface area contributed by atoms with Crippen molar-refractivity contribution in [1.29, 1.82) is 5.26 Å². The maximum absolute atomic E-state index is 8.66. The molecule has 0 aliphatic rings. The first-order valence-corrected chi connectivity index (χ1v) is 7.28. The standard InChI is InChI=1S/C16H13N3OS/c1-10-19-14-9-15(13(18)8-16(14)21-10)20-12-4-2-11(3-5-12)6-7-17/h2-5,8-9H,6,18H2,1H3. The van der Waals surface area contributed by atoms with Gasteiger partial charge in [-0.2, -0.15) is 5.26 Å². The minimum Gasteiger partial charge on any atom is -0.455 e. The van der Waals surface area contributed by atoms with Crippen molar-refractivity contribution in [2.24, 2.45) is 0 Å². The molecular formula is C16H13N3OS. The van der Waals surface area contributed by atoms with Crippen molar-refractivity contribution in [2.45, 2.75) is 13.3 Å². The fraction of sp³-hybridized carbons (Fsp3) is 0.125. The molecule has 0 atom stereocenters.